The van der Waals surface area contributed by atoms with Crippen molar-refractivity contribution < 1.29 is 19.1 Å². The molecule has 1 heterocycles. The molecule has 0 bridgehead atoms. The van der Waals surface area contributed by atoms with Gasteiger partial charge in [0.1, 0.15) is 11.6 Å². The van der Waals surface area contributed by atoms with Gasteiger partial charge in [0.25, 0.3) is 11.8 Å². The predicted molar refractivity (Wildman–Crippen MR) is 149 cm³/mol. The summed E-state index contributed by atoms with van der Waals surface area (Å²) in [4.78, 5) is 39.6. The SMILES string of the molecule is CC1CCc2c(sc(NC(=O)c3ccc(Cl)cc3Cl)c2C(=O)NCCOC(=O)c2ccc(Cl)cc2Cl)C1. The van der Waals surface area contributed by atoms with Crippen LogP contribution in [-0.2, 0) is 17.6 Å². The highest BCUT2D eigenvalue weighted by Crippen LogP contribution is 2.40. The minimum absolute atomic E-state index is 0.0606. The maximum absolute atomic E-state index is 13.2. The Bertz CT molecular complexity index is 1370. The van der Waals surface area contributed by atoms with Crippen molar-refractivity contribution in [3.05, 3.63) is 83.6 Å². The molecule has 0 saturated carbocycles. The van der Waals surface area contributed by atoms with Gasteiger partial charge in [-0.25, -0.2) is 4.79 Å². The first-order chi connectivity index (χ1) is 17.6. The number of thiophene rings is 1. The lowest BCUT2D eigenvalue weighted by Gasteiger charge is -2.18. The monoisotopic (exact) mass is 598 g/mol. The average Bonchev–Trinajstić information content (AvgIpc) is 3.18. The zero-order valence-corrected chi connectivity index (χ0v) is 23.5. The largest absolute Gasteiger partial charge is 0.460 e. The van der Waals surface area contributed by atoms with E-state index in [-0.39, 0.29) is 40.2 Å². The molecule has 1 atom stereocenters. The molecule has 0 radical (unpaired) electrons. The Balaban J connectivity index is 1.46. The zero-order valence-electron chi connectivity index (χ0n) is 19.6. The summed E-state index contributed by atoms with van der Waals surface area (Å²) < 4.78 is 5.24. The number of hydrogen-bond acceptors (Lipinski definition) is 5. The molecule has 11 heteroatoms. The number of fused-ring (bicyclic) bond motifs is 1. The third kappa shape index (κ3) is 6.59. The third-order valence-electron chi connectivity index (χ3n) is 5.91. The van der Waals surface area contributed by atoms with Crippen molar-refractivity contribution in [3.8, 4) is 0 Å². The lowest BCUT2D eigenvalue weighted by Crippen LogP contribution is -2.30. The minimum Gasteiger partial charge on any atom is -0.460 e. The van der Waals surface area contributed by atoms with Crippen LogP contribution in [0.2, 0.25) is 20.1 Å². The Labute approximate surface area is 238 Å². The van der Waals surface area contributed by atoms with Crippen LogP contribution >= 0.6 is 57.7 Å². The van der Waals surface area contributed by atoms with E-state index < -0.39 is 11.9 Å². The second-order valence-corrected chi connectivity index (χ2v) is 11.4. The van der Waals surface area contributed by atoms with Crippen LogP contribution in [0.4, 0.5) is 5.00 Å². The summed E-state index contributed by atoms with van der Waals surface area (Å²) in [5, 5.41) is 7.33. The summed E-state index contributed by atoms with van der Waals surface area (Å²) in [7, 11) is 0. The van der Waals surface area contributed by atoms with Gasteiger partial charge in [-0.15, -0.1) is 11.3 Å². The van der Waals surface area contributed by atoms with Crippen molar-refractivity contribution in [2.75, 3.05) is 18.5 Å². The molecule has 6 nitrogen and oxygen atoms in total. The predicted octanol–water partition coefficient (Wildman–Crippen LogP) is 7.33. The number of benzene rings is 2. The first kappa shape index (κ1) is 27.7. The summed E-state index contributed by atoms with van der Waals surface area (Å²) in [6, 6.07) is 9.08. The van der Waals surface area contributed by atoms with E-state index in [9.17, 15) is 14.4 Å². The van der Waals surface area contributed by atoms with Crippen LogP contribution in [0, 0.1) is 5.92 Å². The van der Waals surface area contributed by atoms with Gasteiger partial charge in [0.15, 0.2) is 0 Å². The van der Waals surface area contributed by atoms with Crippen molar-refractivity contribution in [2.45, 2.75) is 26.2 Å². The Morgan fingerprint density at radius 3 is 2.27 bits per heavy atom. The summed E-state index contributed by atoms with van der Waals surface area (Å²) in [5.41, 5.74) is 1.80. The number of ether oxygens (including phenoxy) is 1. The second-order valence-electron chi connectivity index (χ2n) is 8.65. The van der Waals surface area contributed by atoms with Gasteiger partial charge in [-0.3, -0.25) is 9.59 Å². The van der Waals surface area contributed by atoms with E-state index in [4.69, 9.17) is 51.1 Å². The molecule has 3 aromatic rings. The third-order valence-corrected chi connectivity index (χ3v) is 8.18. The number of nitrogens with one attached hydrogen (secondary N) is 2. The minimum atomic E-state index is -0.620. The van der Waals surface area contributed by atoms with E-state index in [2.05, 4.69) is 17.6 Å². The average molecular weight is 600 g/mol. The van der Waals surface area contributed by atoms with Crippen molar-refractivity contribution in [2.24, 2.45) is 5.92 Å². The summed E-state index contributed by atoms with van der Waals surface area (Å²) in [6.07, 6.45) is 2.51. The quantitative estimate of drug-likeness (QED) is 0.220. The Hall–Kier alpha value is -2.29. The molecule has 2 amide bonds. The molecule has 1 aliphatic rings. The summed E-state index contributed by atoms with van der Waals surface area (Å²) in [6.45, 7) is 2.18. The lowest BCUT2D eigenvalue weighted by atomic mass is 9.88. The highest BCUT2D eigenvalue weighted by atomic mass is 35.5. The smallest absolute Gasteiger partial charge is 0.339 e. The maximum Gasteiger partial charge on any atom is 0.339 e. The lowest BCUT2D eigenvalue weighted by molar-refractivity contribution is 0.0503. The van der Waals surface area contributed by atoms with Crippen molar-refractivity contribution in [3.63, 3.8) is 0 Å². The molecule has 1 unspecified atom stereocenters. The molecule has 0 aliphatic heterocycles. The zero-order chi connectivity index (χ0) is 26.7. The van der Waals surface area contributed by atoms with Crippen LogP contribution in [0.5, 0.6) is 0 Å². The standard InChI is InChI=1S/C26H22Cl4N2O4S/c1-13-2-5-18-21(10-13)37-25(32-23(33)16-6-3-14(27)11-19(16)29)22(18)24(34)31-8-9-36-26(35)17-7-4-15(28)12-20(17)30/h3-4,6-7,11-13H,2,5,8-10H2,1H3,(H,31,34)(H,32,33). The van der Waals surface area contributed by atoms with Crippen LogP contribution in [-0.4, -0.2) is 30.9 Å². The second kappa shape index (κ2) is 12.0. The molecular formula is C26H22Cl4N2O4S. The van der Waals surface area contributed by atoms with E-state index in [1.807, 2.05) is 0 Å². The molecule has 0 spiro atoms. The normalized spacial score (nSPS) is 14.6. The number of halogens is 4. The Kier molecular flexibility index (Phi) is 9.03. The molecule has 1 aliphatic carbocycles. The van der Waals surface area contributed by atoms with Gasteiger partial charge >= 0.3 is 5.97 Å². The van der Waals surface area contributed by atoms with Gasteiger partial charge in [-0.05, 0) is 67.1 Å². The van der Waals surface area contributed by atoms with Crippen molar-refractivity contribution in [1.29, 1.82) is 0 Å². The van der Waals surface area contributed by atoms with Crippen molar-refractivity contribution in [1.82, 2.24) is 5.32 Å². The van der Waals surface area contributed by atoms with Gasteiger partial charge in [0.05, 0.1) is 33.3 Å². The fraction of sp³-hybridized carbons (Fsp3) is 0.269. The number of hydrogen-bond donors (Lipinski definition) is 2. The number of anilines is 1. The molecule has 4 rings (SSSR count). The van der Waals surface area contributed by atoms with Gasteiger partial charge in [-0.2, -0.15) is 0 Å². The Morgan fingerprint density at radius 1 is 0.973 bits per heavy atom. The van der Waals surface area contributed by atoms with Crippen LogP contribution in [0.15, 0.2) is 36.4 Å². The molecule has 194 valence electrons. The van der Waals surface area contributed by atoms with E-state index in [1.165, 1.54) is 35.6 Å². The fourth-order valence-electron chi connectivity index (χ4n) is 4.05. The first-order valence-electron chi connectivity index (χ1n) is 11.4. The fourth-order valence-corrected chi connectivity index (χ4v) is 6.44. The number of carbonyl (C=O) groups excluding carboxylic acids is 3. The molecular weight excluding hydrogens is 578 g/mol. The number of carbonyl (C=O) groups is 3. The van der Waals surface area contributed by atoms with Crippen molar-refractivity contribution >= 4 is 80.5 Å². The van der Waals surface area contributed by atoms with Gasteiger partial charge in [0.2, 0.25) is 0 Å². The first-order valence-corrected chi connectivity index (χ1v) is 13.8. The summed E-state index contributed by atoms with van der Waals surface area (Å²) >= 11 is 25.5. The van der Waals surface area contributed by atoms with Gasteiger partial charge in [-0.1, -0.05) is 53.3 Å². The molecule has 0 fully saturated rings. The summed E-state index contributed by atoms with van der Waals surface area (Å²) in [5.74, 6) is -0.928. The van der Waals surface area contributed by atoms with Gasteiger partial charge in [0, 0.05) is 14.9 Å². The van der Waals surface area contributed by atoms with Gasteiger partial charge < -0.3 is 15.4 Å². The molecule has 37 heavy (non-hydrogen) atoms. The molecule has 0 saturated heterocycles. The van der Waals surface area contributed by atoms with E-state index in [0.717, 1.165) is 29.7 Å². The number of rotatable bonds is 7. The molecule has 2 N–H and O–H groups in total. The Morgan fingerprint density at radius 2 is 1.62 bits per heavy atom. The number of esters is 1. The van der Waals surface area contributed by atoms with Crippen LogP contribution in [0.1, 0.15) is 54.9 Å². The maximum atomic E-state index is 13.2. The number of amides is 2. The molecule has 1 aromatic heterocycles. The van der Waals surface area contributed by atoms with E-state index in [1.54, 1.807) is 12.1 Å². The van der Waals surface area contributed by atoms with Crippen LogP contribution < -0.4 is 10.6 Å². The topological polar surface area (TPSA) is 84.5 Å². The highest BCUT2D eigenvalue weighted by molar-refractivity contribution is 7.17. The molecule has 2 aromatic carbocycles. The highest BCUT2D eigenvalue weighted by Gasteiger charge is 2.29. The van der Waals surface area contributed by atoms with E-state index in [0.29, 0.717) is 26.5 Å². The van der Waals surface area contributed by atoms with Crippen LogP contribution in [0.25, 0.3) is 0 Å². The van der Waals surface area contributed by atoms with E-state index >= 15 is 0 Å². The van der Waals surface area contributed by atoms with Crippen LogP contribution in [0.3, 0.4) is 0 Å².